The van der Waals surface area contributed by atoms with Crippen LogP contribution >= 0.6 is 22.6 Å². The Morgan fingerprint density at radius 1 is 1.73 bits per heavy atom. The molecule has 2 radical (unpaired) electrons. The van der Waals surface area contributed by atoms with Gasteiger partial charge in [-0.2, -0.15) is 0 Å². The average molecular weight is 260 g/mol. The van der Waals surface area contributed by atoms with E-state index in [1.807, 2.05) is 22.6 Å². The fraction of sp³-hybridized carbons (Fsp3) is 0.167. The molecule has 0 amide bonds. The molecule has 5 heteroatoms. The second-order valence-corrected chi connectivity index (χ2v) is 3.03. The molecule has 1 rings (SSSR count). The Balaban J connectivity index is 3.25. The van der Waals surface area contributed by atoms with Crippen LogP contribution in [0.1, 0.15) is 0 Å². The molecule has 0 aromatic carbocycles. The summed E-state index contributed by atoms with van der Waals surface area (Å²) in [4.78, 5) is 3.92. The molecule has 0 fully saturated rings. The third-order valence-electron chi connectivity index (χ3n) is 1.25. The molecule has 0 aliphatic rings. The lowest BCUT2D eigenvalue weighted by Gasteiger charge is -2.06. The van der Waals surface area contributed by atoms with E-state index < -0.39 is 0 Å². The summed E-state index contributed by atoms with van der Waals surface area (Å²) in [5.74, 6) is 0.511. The van der Waals surface area contributed by atoms with Gasteiger partial charge < -0.3 is 10.5 Å². The molecule has 0 saturated carbocycles. The van der Waals surface area contributed by atoms with E-state index in [1.54, 1.807) is 7.11 Å². The van der Waals surface area contributed by atoms with Crippen molar-refractivity contribution < 1.29 is 4.74 Å². The van der Waals surface area contributed by atoms with Crippen molar-refractivity contribution in [3.05, 3.63) is 9.77 Å². The van der Waals surface area contributed by atoms with Crippen LogP contribution in [-0.4, -0.2) is 19.9 Å². The first kappa shape index (κ1) is 8.64. The van der Waals surface area contributed by atoms with Crippen LogP contribution in [0.15, 0.2) is 6.20 Å². The van der Waals surface area contributed by atoms with Crippen molar-refractivity contribution in [3.8, 4) is 5.88 Å². The van der Waals surface area contributed by atoms with Gasteiger partial charge in [-0.25, -0.2) is 4.98 Å². The molecule has 0 aliphatic heterocycles. The normalized spacial score (nSPS) is 9.64. The van der Waals surface area contributed by atoms with Crippen LogP contribution in [0.5, 0.6) is 5.88 Å². The van der Waals surface area contributed by atoms with E-state index in [2.05, 4.69) is 4.98 Å². The van der Waals surface area contributed by atoms with Crippen LogP contribution in [0, 0.1) is 3.57 Å². The van der Waals surface area contributed by atoms with Crippen molar-refractivity contribution in [2.75, 3.05) is 12.8 Å². The fourth-order valence-electron chi connectivity index (χ4n) is 0.639. The monoisotopic (exact) mass is 260 g/mol. The number of nitrogens with two attached hydrogens (primary N) is 1. The van der Waals surface area contributed by atoms with Crippen LogP contribution in [0.3, 0.4) is 0 Å². The summed E-state index contributed by atoms with van der Waals surface area (Å²) in [7, 11) is 7.04. The van der Waals surface area contributed by atoms with Gasteiger partial charge in [0.25, 0.3) is 0 Å². The predicted octanol–water partition coefficient (Wildman–Crippen LogP) is 0.0708. The Labute approximate surface area is 79.9 Å². The van der Waals surface area contributed by atoms with E-state index >= 15 is 0 Å². The van der Waals surface area contributed by atoms with Gasteiger partial charge in [0.2, 0.25) is 5.88 Å². The molecule has 1 heterocycles. The highest BCUT2D eigenvalue weighted by Crippen LogP contribution is 2.20. The molecule has 0 aliphatic carbocycles. The minimum absolute atomic E-state index is 0.482. The second-order valence-electron chi connectivity index (χ2n) is 1.95. The highest BCUT2D eigenvalue weighted by molar-refractivity contribution is 14.1. The molecule has 1 aromatic rings. The Morgan fingerprint density at radius 2 is 2.36 bits per heavy atom. The lowest BCUT2D eigenvalue weighted by molar-refractivity contribution is 0.395. The summed E-state index contributed by atoms with van der Waals surface area (Å²) < 4.78 is 5.68. The summed E-state index contributed by atoms with van der Waals surface area (Å²) in [6, 6.07) is 0. The zero-order valence-corrected chi connectivity index (χ0v) is 8.12. The summed E-state index contributed by atoms with van der Waals surface area (Å²) in [5, 5.41) is 0. The molecule has 0 saturated heterocycles. The van der Waals surface area contributed by atoms with Gasteiger partial charge in [-0.1, -0.05) is 5.46 Å². The predicted molar refractivity (Wildman–Crippen MR) is 53.3 cm³/mol. The summed E-state index contributed by atoms with van der Waals surface area (Å²) in [5.41, 5.74) is 6.61. The summed E-state index contributed by atoms with van der Waals surface area (Å²) in [6.07, 6.45) is 1.48. The number of halogens is 1. The molecule has 0 spiro atoms. The van der Waals surface area contributed by atoms with Gasteiger partial charge in [0.05, 0.1) is 10.7 Å². The van der Waals surface area contributed by atoms with Crippen LogP contribution in [0.2, 0.25) is 0 Å². The molecule has 0 atom stereocenters. The Hall–Kier alpha value is -0.455. The molecule has 56 valence electrons. The summed E-state index contributed by atoms with van der Waals surface area (Å²) in [6.45, 7) is 0. The maximum absolute atomic E-state index is 5.61. The number of anilines is 1. The third kappa shape index (κ3) is 1.58. The Bertz CT molecular complexity index is 280. The van der Waals surface area contributed by atoms with Crippen LogP contribution < -0.4 is 15.9 Å². The fourth-order valence-corrected chi connectivity index (χ4v) is 1.31. The van der Waals surface area contributed by atoms with E-state index in [4.69, 9.17) is 18.3 Å². The molecular weight excluding hydrogens is 254 g/mol. The van der Waals surface area contributed by atoms with E-state index in [-0.39, 0.29) is 0 Å². The zero-order valence-electron chi connectivity index (χ0n) is 5.97. The maximum atomic E-state index is 5.61. The average Bonchev–Trinajstić information content (AvgIpc) is 2.01. The van der Waals surface area contributed by atoms with Crippen molar-refractivity contribution in [2.24, 2.45) is 0 Å². The van der Waals surface area contributed by atoms with Gasteiger partial charge in [-0.15, -0.1) is 0 Å². The van der Waals surface area contributed by atoms with Gasteiger partial charge in [-0.05, 0) is 22.6 Å². The molecule has 2 N–H and O–H groups in total. The van der Waals surface area contributed by atoms with Gasteiger partial charge >= 0.3 is 0 Å². The van der Waals surface area contributed by atoms with Gasteiger partial charge in [0, 0.05) is 11.9 Å². The van der Waals surface area contributed by atoms with Gasteiger partial charge in [-0.3, -0.25) is 0 Å². The zero-order chi connectivity index (χ0) is 8.43. The second kappa shape index (κ2) is 3.29. The van der Waals surface area contributed by atoms with E-state index in [0.717, 1.165) is 3.57 Å². The standard InChI is InChI=1S/C6H6BIN2O/c1-11-6-4(8)5(9)3(7)2-10-6/h2H,1H3,(H2,9,10). The third-order valence-corrected chi connectivity index (χ3v) is 2.29. The number of aromatic nitrogens is 1. The number of nitrogens with zero attached hydrogens (tertiary/aromatic N) is 1. The highest BCUT2D eigenvalue weighted by atomic mass is 127. The number of hydrogen-bond acceptors (Lipinski definition) is 3. The molecule has 11 heavy (non-hydrogen) atoms. The molecule has 0 unspecified atom stereocenters. The van der Waals surface area contributed by atoms with Crippen LogP contribution in [0.4, 0.5) is 5.69 Å². The van der Waals surface area contributed by atoms with E-state index in [1.165, 1.54) is 6.20 Å². The van der Waals surface area contributed by atoms with Crippen molar-refractivity contribution in [3.63, 3.8) is 0 Å². The smallest absolute Gasteiger partial charge is 0.228 e. The molecular formula is C6H6BIN2O. The minimum atomic E-state index is 0.482. The lowest BCUT2D eigenvalue weighted by Crippen LogP contribution is -2.13. The number of nitrogen functional groups attached to an aromatic ring is 1. The van der Waals surface area contributed by atoms with Crippen molar-refractivity contribution >= 4 is 41.6 Å². The van der Waals surface area contributed by atoms with Gasteiger partial charge in [0.1, 0.15) is 7.85 Å². The number of methoxy groups -OCH3 is 1. The SMILES string of the molecule is [B]c1cnc(OC)c(I)c1N. The van der Waals surface area contributed by atoms with Crippen LogP contribution in [0.25, 0.3) is 0 Å². The number of rotatable bonds is 1. The minimum Gasteiger partial charge on any atom is -0.480 e. The summed E-state index contributed by atoms with van der Waals surface area (Å²) >= 11 is 2.04. The van der Waals surface area contributed by atoms with Crippen molar-refractivity contribution in [2.45, 2.75) is 0 Å². The molecule has 1 aromatic heterocycles. The number of pyridine rings is 1. The first-order valence-electron chi connectivity index (χ1n) is 2.90. The number of hydrogen-bond donors (Lipinski definition) is 1. The van der Waals surface area contributed by atoms with E-state index in [0.29, 0.717) is 17.0 Å². The first-order valence-corrected chi connectivity index (χ1v) is 3.98. The van der Waals surface area contributed by atoms with Crippen LogP contribution in [-0.2, 0) is 0 Å². The maximum Gasteiger partial charge on any atom is 0.228 e. The molecule has 0 bridgehead atoms. The number of ether oxygens (including phenoxy) is 1. The van der Waals surface area contributed by atoms with Crippen molar-refractivity contribution in [1.29, 1.82) is 0 Å². The highest BCUT2D eigenvalue weighted by Gasteiger charge is 2.05. The van der Waals surface area contributed by atoms with Gasteiger partial charge in [0.15, 0.2) is 0 Å². The Morgan fingerprint density at radius 3 is 2.91 bits per heavy atom. The molecule has 3 nitrogen and oxygen atoms in total. The Kier molecular flexibility index (Phi) is 2.59. The lowest BCUT2D eigenvalue weighted by atomic mass is 9.97. The van der Waals surface area contributed by atoms with E-state index in [9.17, 15) is 0 Å². The largest absolute Gasteiger partial charge is 0.480 e. The quantitative estimate of drug-likeness (QED) is 0.574. The van der Waals surface area contributed by atoms with Crippen molar-refractivity contribution in [1.82, 2.24) is 4.98 Å². The first-order chi connectivity index (χ1) is 5.16. The topological polar surface area (TPSA) is 48.1 Å².